The number of hydrogen-bond donors (Lipinski definition) is 1. The molecule has 1 N–H and O–H groups in total. The number of ketones is 1. The SMILES string of the molecule is COP(=O)(Nc1ccc(C(C)=O)cc1)OC. The van der Waals surface area contributed by atoms with Gasteiger partial charge in [0.2, 0.25) is 0 Å². The monoisotopic (exact) mass is 243 g/mol. The quantitative estimate of drug-likeness (QED) is 0.636. The molecule has 0 amide bonds. The summed E-state index contributed by atoms with van der Waals surface area (Å²) < 4.78 is 21.2. The third-order valence-corrected chi connectivity index (χ3v) is 3.53. The summed E-state index contributed by atoms with van der Waals surface area (Å²) in [4.78, 5) is 11.0. The summed E-state index contributed by atoms with van der Waals surface area (Å²) in [5.74, 6) is -0.0202. The van der Waals surface area contributed by atoms with E-state index in [-0.39, 0.29) is 5.78 Å². The van der Waals surface area contributed by atoms with E-state index in [4.69, 9.17) is 9.05 Å². The molecule has 0 radical (unpaired) electrons. The fourth-order valence-corrected chi connectivity index (χ4v) is 1.90. The molecule has 0 bridgehead atoms. The van der Waals surface area contributed by atoms with Gasteiger partial charge in [0.1, 0.15) is 0 Å². The molecule has 0 saturated carbocycles. The highest BCUT2D eigenvalue weighted by atomic mass is 31.2. The standard InChI is InChI=1S/C10H14NO4P/c1-8(12)9-4-6-10(7-5-9)11-16(13,14-2)15-3/h4-7H,1-3H3,(H,11,13). The van der Waals surface area contributed by atoms with Gasteiger partial charge in [0.15, 0.2) is 5.78 Å². The van der Waals surface area contributed by atoms with Gasteiger partial charge in [-0.15, -0.1) is 0 Å². The maximum Gasteiger partial charge on any atom is 0.432 e. The molecule has 0 fully saturated rings. The lowest BCUT2D eigenvalue weighted by Crippen LogP contribution is -2.01. The van der Waals surface area contributed by atoms with Crippen LogP contribution in [0.25, 0.3) is 0 Å². The second kappa shape index (κ2) is 5.25. The molecule has 5 nitrogen and oxygen atoms in total. The fourth-order valence-electron chi connectivity index (χ4n) is 1.10. The summed E-state index contributed by atoms with van der Waals surface area (Å²) >= 11 is 0. The van der Waals surface area contributed by atoms with E-state index < -0.39 is 7.75 Å². The minimum absolute atomic E-state index is 0.0202. The maximum absolute atomic E-state index is 11.7. The van der Waals surface area contributed by atoms with Crippen LogP contribution in [-0.2, 0) is 13.6 Å². The Bertz CT molecular complexity index is 407. The number of Topliss-reactive ketones (excluding diaryl/α,β-unsaturated/α-hetero) is 1. The van der Waals surface area contributed by atoms with Crippen LogP contribution in [-0.4, -0.2) is 20.0 Å². The van der Waals surface area contributed by atoms with Crippen molar-refractivity contribution in [2.24, 2.45) is 0 Å². The van der Waals surface area contributed by atoms with Crippen LogP contribution in [0.2, 0.25) is 0 Å². The topological polar surface area (TPSA) is 64.6 Å². The molecule has 0 aliphatic rings. The van der Waals surface area contributed by atoms with Gasteiger partial charge >= 0.3 is 7.75 Å². The molecule has 1 aromatic rings. The van der Waals surface area contributed by atoms with Crippen LogP contribution in [0, 0.1) is 0 Å². The van der Waals surface area contributed by atoms with Crippen molar-refractivity contribution in [2.45, 2.75) is 6.92 Å². The summed E-state index contributed by atoms with van der Waals surface area (Å²) in [6.07, 6.45) is 0. The first kappa shape index (κ1) is 12.9. The van der Waals surface area contributed by atoms with Gasteiger partial charge in [0.05, 0.1) is 0 Å². The van der Waals surface area contributed by atoms with Crippen molar-refractivity contribution in [3.05, 3.63) is 29.8 Å². The summed E-state index contributed by atoms with van der Waals surface area (Å²) in [6, 6.07) is 6.56. The lowest BCUT2D eigenvalue weighted by atomic mass is 10.1. The molecular weight excluding hydrogens is 229 g/mol. The molecule has 1 rings (SSSR count). The van der Waals surface area contributed by atoms with Gasteiger partial charge in [-0.1, -0.05) is 0 Å². The highest BCUT2D eigenvalue weighted by Crippen LogP contribution is 2.45. The van der Waals surface area contributed by atoms with Crippen LogP contribution in [0.1, 0.15) is 17.3 Å². The number of nitrogens with one attached hydrogen (secondary N) is 1. The first-order valence-corrected chi connectivity index (χ1v) is 6.16. The van der Waals surface area contributed by atoms with Crippen LogP contribution < -0.4 is 5.09 Å². The largest absolute Gasteiger partial charge is 0.432 e. The van der Waals surface area contributed by atoms with E-state index in [1.807, 2.05) is 0 Å². The van der Waals surface area contributed by atoms with Crippen LogP contribution in [0.5, 0.6) is 0 Å². The highest BCUT2D eigenvalue weighted by Gasteiger charge is 2.20. The normalized spacial score (nSPS) is 11.2. The third-order valence-electron chi connectivity index (χ3n) is 2.04. The first-order chi connectivity index (χ1) is 7.50. The lowest BCUT2D eigenvalue weighted by molar-refractivity contribution is 0.101. The fraction of sp³-hybridized carbons (Fsp3) is 0.300. The van der Waals surface area contributed by atoms with E-state index in [1.54, 1.807) is 24.3 Å². The van der Waals surface area contributed by atoms with Crippen molar-refractivity contribution in [2.75, 3.05) is 19.3 Å². The van der Waals surface area contributed by atoms with E-state index in [0.717, 1.165) is 0 Å². The molecule has 0 aliphatic carbocycles. The first-order valence-electron chi connectivity index (χ1n) is 4.61. The van der Waals surface area contributed by atoms with Gasteiger partial charge in [0, 0.05) is 25.5 Å². The molecule has 0 atom stereocenters. The van der Waals surface area contributed by atoms with Gasteiger partial charge in [-0.25, -0.2) is 4.57 Å². The predicted molar refractivity (Wildman–Crippen MR) is 61.7 cm³/mol. The molecule has 6 heteroatoms. The molecule has 0 aliphatic heterocycles. The van der Waals surface area contributed by atoms with Crippen molar-refractivity contribution in [1.82, 2.24) is 0 Å². The van der Waals surface area contributed by atoms with Crippen LogP contribution in [0.15, 0.2) is 24.3 Å². The minimum Gasteiger partial charge on any atom is -0.296 e. The van der Waals surface area contributed by atoms with Crippen LogP contribution >= 0.6 is 7.75 Å². The van der Waals surface area contributed by atoms with Crippen molar-refractivity contribution >= 4 is 19.2 Å². The molecule has 0 spiro atoms. The highest BCUT2D eigenvalue weighted by molar-refractivity contribution is 7.55. The zero-order valence-electron chi connectivity index (χ0n) is 9.39. The van der Waals surface area contributed by atoms with Crippen LogP contribution in [0.4, 0.5) is 5.69 Å². The Morgan fingerprint density at radius 2 is 1.69 bits per heavy atom. The Labute approximate surface area is 94.3 Å². The van der Waals surface area contributed by atoms with Gasteiger partial charge in [0.25, 0.3) is 0 Å². The van der Waals surface area contributed by atoms with E-state index in [0.29, 0.717) is 11.3 Å². The number of hydrogen-bond acceptors (Lipinski definition) is 4. The summed E-state index contributed by atoms with van der Waals surface area (Å²) in [5, 5.41) is 2.62. The minimum atomic E-state index is -3.28. The molecule has 1 aromatic carbocycles. The molecule has 16 heavy (non-hydrogen) atoms. The van der Waals surface area contributed by atoms with Gasteiger partial charge < -0.3 is 0 Å². The van der Waals surface area contributed by atoms with Crippen molar-refractivity contribution in [3.8, 4) is 0 Å². The van der Waals surface area contributed by atoms with Crippen molar-refractivity contribution in [3.63, 3.8) is 0 Å². The van der Waals surface area contributed by atoms with E-state index in [1.165, 1.54) is 21.1 Å². The molecular formula is C10H14NO4P. The van der Waals surface area contributed by atoms with Crippen LogP contribution in [0.3, 0.4) is 0 Å². The number of benzene rings is 1. The van der Waals surface area contributed by atoms with E-state index >= 15 is 0 Å². The lowest BCUT2D eigenvalue weighted by Gasteiger charge is -2.15. The summed E-state index contributed by atoms with van der Waals surface area (Å²) in [6.45, 7) is 1.48. The average molecular weight is 243 g/mol. The Balaban J connectivity index is 2.83. The van der Waals surface area contributed by atoms with E-state index in [9.17, 15) is 9.36 Å². The predicted octanol–water partition coefficient (Wildman–Crippen LogP) is 2.70. The van der Waals surface area contributed by atoms with Crippen molar-refractivity contribution < 1.29 is 18.4 Å². The van der Waals surface area contributed by atoms with Gasteiger partial charge in [-0.3, -0.25) is 18.9 Å². The van der Waals surface area contributed by atoms with Crippen molar-refractivity contribution in [1.29, 1.82) is 0 Å². The Kier molecular flexibility index (Phi) is 4.24. The smallest absolute Gasteiger partial charge is 0.296 e. The molecule has 88 valence electrons. The number of rotatable bonds is 5. The Hall–Kier alpha value is -1.16. The summed E-state index contributed by atoms with van der Waals surface area (Å²) in [7, 11) is -0.691. The van der Waals surface area contributed by atoms with E-state index in [2.05, 4.69) is 5.09 Å². The maximum atomic E-state index is 11.7. The second-order valence-corrected chi connectivity index (χ2v) is 5.06. The molecule has 0 aromatic heterocycles. The average Bonchev–Trinajstić information content (AvgIpc) is 2.29. The van der Waals surface area contributed by atoms with Gasteiger partial charge in [-0.05, 0) is 31.2 Å². The van der Waals surface area contributed by atoms with Gasteiger partial charge in [-0.2, -0.15) is 0 Å². The Morgan fingerprint density at radius 3 is 2.06 bits per heavy atom. The zero-order valence-corrected chi connectivity index (χ0v) is 10.3. The zero-order chi connectivity index (χ0) is 12.2. The molecule has 0 heterocycles. The third kappa shape index (κ3) is 3.17. The number of carbonyl (C=O) groups excluding carboxylic acids is 1. The molecule has 0 unspecified atom stereocenters. The Morgan fingerprint density at radius 1 is 1.19 bits per heavy atom. The second-order valence-electron chi connectivity index (χ2n) is 3.11. The number of carbonyl (C=O) groups is 1. The molecule has 0 saturated heterocycles. The number of anilines is 1. The summed E-state index contributed by atoms with van der Waals surface area (Å²) in [5.41, 5.74) is 1.16.